The van der Waals surface area contributed by atoms with E-state index in [1.54, 1.807) is 56.0 Å². The number of hydrogen-bond donors (Lipinski definition) is 2. The molecule has 0 saturated carbocycles. The first-order valence-electron chi connectivity index (χ1n) is 12.4. The highest BCUT2D eigenvalue weighted by molar-refractivity contribution is 7.99. The number of carbonyl (C=O) groups excluding carboxylic acids is 1. The second kappa shape index (κ2) is 12.0. The third kappa shape index (κ3) is 6.56. The van der Waals surface area contributed by atoms with Crippen molar-refractivity contribution in [2.75, 3.05) is 11.5 Å². The minimum absolute atomic E-state index is 0.00572. The van der Waals surface area contributed by atoms with Crippen LogP contribution >= 0.6 is 24.0 Å². The molecule has 0 aliphatic heterocycles. The lowest BCUT2D eigenvalue weighted by Crippen LogP contribution is -2.54. The summed E-state index contributed by atoms with van der Waals surface area (Å²) in [5.74, 6) is 0.550. The molecular weight excluding hydrogens is 574 g/mol. The summed E-state index contributed by atoms with van der Waals surface area (Å²) in [6.45, 7) is 6.84. The Kier molecular flexibility index (Phi) is 9.50. The van der Waals surface area contributed by atoms with Crippen molar-refractivity contribution in [1.29, 1.82) is 0 Å². The van der Waals surface area contributed by atoms with Gasteiger partial charge in [0.15, 0.2) is 5.69 Å². The van der Waals surface area contributed by atoms with Gasteiger partial charge in [-0.1, -0.05) is 61.1 Å². The molecule has 1 heterocycles. The Labute approximate surface area is 238 Å². The maximum Gasteiger partial charge on any atom is 0.435 e. The van der Waals surface area contributed by atoms with Crippen LogP contribution in [0.2, 0.25) is 0 Å². The van der Waals surface area contributed by atoms with Crippen molar-refractivity contribution in [2.45, 2.75) is 58.0 Å². The first-order chi connectivity index (χ1) is 18.5. The van der Waals surface area contributed by atoms with Crippen LogP contribution in [0.4, 0.5) is 26.3 Å². The van der Waals surface area contributed by atoms with Gasteiger partial charge < -0.3 is 11.1 Å². The average molecular weight is 605 g/mol. The minimum atomic E-state index is -5.04. The zero-order chi connectivity index (χ0) is 30.0. The van der Waals surface area contributed by atoms with Crippen LogP contribution in [-0.2, 0) is 29.1 Å². The predicted molar refractivity (Wildman–Crippen MR) is 148 cm³/mol. The molecule has 1 aromatic heterocycles. The maximum absolute atomic E-state index is 13.6. The Hall–Kier alpha value is -2.80. The highest BCUT2D eigenvalue weighted by Gasteiger charge is 2.48. The lowest BCUT2D eigenvalue weighted by atomic mass is 9.63. The van der Waals surface area contributed by atoms with Crippen LogP contribution in [0.1, 0.15) is 48.8 Å². The van der Waals surface area contributed by atoms with E-state index < -0.39 is 41.6 Å². The van der Waals surface area contributed by atoms with E-state index in [1.807, 2.05) is 13.8 Å². The van der Waals surface area contributed by atoms with Gasteiger partial charge in [-0.25, -0.2) is 0 Å². The Bertz CT molecular complexity index is 1330. The lowest BCUT2D eigenvalue weighted by molar-refractivity contribution is -0.144. The third-order valence-electron chi connectivity index (χ3n) is 6.69. The Morgan fingerprint density at radius 3 is 2.42 bits per heavy atom. The summed E-state index contributed by atoms with van der Waals surface area (Å²) in [7, 11) is 0. The molecule has 2 unspecified atom stereocenters. The van der Waals surface area contributed by atoms with Gasteiger partial charge in [0, 0.05) is 17.9 Å². The van der Waals surface area contributed by atoms with E-state index in [1.165, 1.54) is 6.07 Å². The maximum atomic E-state index is 13.6. The van der Waals surface area contributed by atoms with Gasteiger partial charge in [0.25, 0.3) is 0 Å². The number of carbonyl (C=O) groups is 1. The molecular formula is C27H30F6N4OS2. The number of aryl methyl sites for hydroxylation is 1. The van der Waals surface area contributed by atoms with Crippen LogP contribution in [0.5, 0.6) is 0 Å². The number of nitrogens with two attached hydrogens (primary N) is 1. The number of nitrogens with one attached hydrogen (secondary N) is 1. The molecule has 0 bridgehead atoms. The van der Waals surface area contributed by atoms with E-state index in [0.717, 1.165) is 11.3 Å². The van der Waals surface area contributed by atoms with E-state index in [-0.39, 0.29) is 28.6 Å². The number of amides is 1. The molecule has 3 atom stereocenters. The number of allylic oxidation sites excluding steroid dienone is 2. The van der Waals surface area contributed by atoms with Gasteiger partial charge in [-0.3, -0.25) is 9.48 Å². The van der Waals surface area contributed by atoms with E-state index >= 15 is 0 Å². The van der Waals surface area contributed by atoms with Crippen molar-refractivity contribution in [1.82, 2.24) is 15.1 Å². The van der Waals surface area contributed by atoms with E-state index in [0.29, 0.717) is 21.6 Å². The molecule has 3 rings (SSSR count). The largest absolute Gasteiger partial charge is 0.435 e. The number of nitrogens with zero attached hydrogens (tertiary/aromatic N) is 2. The summed E-state index contributed by atoms with van der Waals surface area (Å²) < 4.78 is 80.1. The van der Waals surface area contributed by atoms with Crippen molar-refractivity contribution >= 4 is 34.9 Å². The van der Waals surface area contributed by atoms with Crippen LogP contribution in [0.15, 0.2) is 48.1 Å². The van der Waals surface area contributed by atoms with Gasteiger partial charge in [-0.2, -0.15) is 43.2 Å². The molecule has 218 valence electrons. The zero-order valence-corrected chi connectivity index (χ0v) is 23.9. The summed E-state index contributed by atoms with van der Waals surface area (Å²) in [5, 5.41) is 6.21. The summed E-state index contributed by atoms with van der Waals surface area (Å²) in [5.41, 5.74) is 4.04. The first-order valence-corrected chi connectivity index (χ1v) is 13.9. The van der Waals surface area contributed by atoms with E-state index in [9.17, 15) is 31.1 Å². The molecule has 1 aliphatic rings. The monoisotopic (exact) mass is 604 g/mol. The predicted octanol–water partition coefficient (Wildman–Crippen LogP) is 6.19. The number of rotatable bonds is 9. The smallest absolute Gasteiger partial charge is 0.392 e. The van der Waals surface area contributed by atoms with Gasteiger partial charge in [-0.05, 0) is 43.2 Å². The van der Waals surface area contributed by atoms with Gasteiger partial charge in [0.1, 0.15) is 5.69 Å². The average Bonchev–Trinajstić information content (AvgIpc) is 3.27. The Morgan fingerprint density at radius 2 is 1.88 bits per heavy atom. The normalized spacial score (nSPS) is 20.2. The van der Waals surface area contributed by atoms with Crippen molar-refractivity contribution in [3.63, 3.8) is 0 Å². The fourth-order valence-electron chi connectivity index (χ4n) is 4.95. The quantitative estimate of drug-likeness (QED) is 0.264. The molecule has 0 fully saturated rings. The van der Waals surface area contributed by atoms with Crippen molar-refractivity contribution in [3.05, 3.63) is 76.1 Å². The number of benzene rings is 1. The van der Waals surface area contributed by atoms with Gasteiger partial charge in [-0.15, -0.1) is 0 Å². The topological polar surface area (TPSA) is 72.9 Å². The summed E-state index contributed by atoms with van der Waals surface area (Å²) >= 11 is 7.19. The molecule has 0 saturated heterocycles. The van der Waals surface area contributed by atoms with E-state index in [2.05, 4.69) is 10.4 Å². The van der Waals surface area contributed by atoms with Gasteiger partial charge in [0.05, 0.1) is 22.9 Å². The molecule has 0 spiro atoms. The van der Waals surface area contributed by atoms with Gasteiger partial charge in [0.2, 0.25) is 5.91 Å². The minimum Gasteiger partial charge on any atom is -0.392 e. The number of thiocarbonyl (C=S) groups is 1. The number of halogens is 6. The Balaban J connectivity index is 2.03. The fraction of sp³-hybridized carbons (Fsp3) is 0.444. The third-order valence-corrected chi connectivity index (χ3v) is 8.17. The Morgan fingerprint density at radius 1 is 1.20 bits per heavy atom. The molecule has 1 aliphatic carbocycles. The molecule has 1 amide bonds. The molecule has 0 radical (unpaired) electrons. The van der Waals surface area contributed by atoms with Crippen LogP contribution in [-0.4, -0.2) is 38.2 Å². The standard InChI is InChI=1S/C27H30F6N4OS2/c1-5-40-14-17(4)35-23(38)22-15(2)7-6-10-25(22,24(34)39)19-9-8-18(11-16(19)3)13-37-21(27(31,32)33)12-20(36-37)26(28,29)30/h6-12,17,22H,5,13-14H2,1-4H3,(H2,34,39)(H,35,38)/t17-,22?,25?/m0/s1. The number of thioether (sulfide) groups is 1. The van der Waals surface area contributed by atoms with Crippen LogP contribution in [0.25, 0.3) is 0 Å². The molecule has 2 aromatic rings. The highest BCUT2D eigenvalue weighted by atomic mass is 32.2. The molecule has 1 aromatic carbocycles. The van der Waals surface area contributed by atoms with Gasteiger partial charge >= 0.3 is 12.4 Å². The first kappa shape index (κ1) is 31.7. The van der Waals surface area contributed by atoms with Crippen molar-refractivity contribution in [3.8, 4) is 0 Å². The number of hydrogen-bond acceptors (Lipinski definition) is 4. The molecule has 5 nitrogen and oxygen atoms in total. The highest BCUT2D eigenvalue weighted by Crippen LogP contribution is 2.43. The second-order valence-electron chi connectivity index (χ2n) is 9.72. The van der Waals surface area contributed by atoms with Crippen LogP contribution in [0.3, 0.4) is 0 Å². The molecule has 13 heteroatoms. The number of alkyl halides is 6. The lowest BCUT2D eigenvalue weighted by Gasteiger charge is -2.41. The number of aromatic nitrogens is 2. The summed E-state index contributed by atoms with van der Waals surface area (Å²) in [4.78, 5) is 13.6. The van der Waals surface area contributed by atoms with Crippen LogP contribution < -0.4 is 11.1 Å². The molecule has 3 N–H and O–H groups in total. The van der Waals surface area contributed by atoms with Crippen LogP contribution in [0, 0.1) is 12.8 Å². The fourth-order valence-corrected chi connectivity index (χ4v) is 5.92. The summed E-state index contributed by atoms with van der Waals surface area (Å²) in [6, 6.07) is 4.50. The second-order valence-corrected chi connectivity index (χ2v) is 11.5. The zero-order valence-electron chi connectivity index (χ0n) is 22.3. The SMILES string of the molecule is CCSC[C@H](C)NC(=O)C1C(C)=CC=CC1(C(N)=S)c1ccc(Cn2nc(C(F)(F)F)cc2C(F)(F)F)cc1C. The van der Waals surface area contributed by atoms with Crippen molar-refractivity contribution < 1.29 is 31.1 Å². The van der Waals surface area contributed by atoms with E-state index in [4.69, 9.17) is 18.0 Å². The summed E-state index contributed by atoms with van der Waals surface area (Å²) in [6.07, 6.45) is -4.78. The van der Waals surface area contributed by atoms with Crippen molar-refractivity contribution in [2.24, 2.45) is 11.7 Å². The molecule has 40 heavy (non-hydrogen) atoms.